The van der Waals surface area contributed by atoms with Gasteiger partial charge in [0.1, 0.15) is 5.76 Å². The van der Waals surface area contributed by atoms with E-state index in [9.17, 15) is 0 Å². The zero-order chi connectivity index (χ0) is 10.4. The van der Waals surface area contributed by atoms with Crippen molar-refractivity contribution in [2.24, 2.45) is 5.92 Å². The van der Waals surface area contributed by atoms with Crippen LogP contribution in [-0.4, -0.2) is 24.2 Å². The average molecular weight is 213 g/mol. The Balaban J connectivity index is 2.31. The van der Waals surface area contributed by atoms with Crippen LogP contribution in [0.5, 0.6) is 0 Å². The molecule has 1 heterocycles. The molecule has 0 amide bonds. The minimum atomic E-state index is 0.679. The maximum atomic E-state index is 5.29. The van der Waals surface area contributed by atoms with Crippen molar-refractivity contribution in [2.75, 3.05) is 19.3 Å². The zero-order valence-corrected chi connectivity index (χ0v) is 9.83. The summed E-state index contributed by atoms with van der Waals surface area (Å²) >= 11 is 4.33. The fourth-order valence-electron chi connectivity index (χ4n) is 1.49. The summed E-state index contributed by atoms with van der Waals surface area (Å²) in [5, 5.41) is 0. The highest BCUT2D eigenvalue weighted by Gasteiger charge is 2.09. The Hall–Kier alpha value is -0.410. The highest BCUT2D eigenvalue weighted by Crippen LogP contribution is 2.09. The number of rotatable bonds is 6. The maximum Gasteiger partial charge on any atom is 0.117 e. The van der Waals surface area contributed by atoms with Crippen LogP contribution in [0.2, 0.25) is 0 Å². The highest BCUT2D eigenvalue weighted by atomic mass is 32.1. The van der Waals surface area contributed by atoms with E-state index in [1.807, 2.05) is 12.1 Å². The number of furan rings is 1. The molecule has 1 atom stereocenters. The van der Waals surface area contributed by atoms with E-state index in [1.165, 1.54) is 6.42 Å². The van der Waals surface area contributed by atoms with Crippen molar-refractivity contribution in [3.8, 4) is 0 Å². The summed E-state index contributed by atoms with van der Waals surface area (Å²) < 4.78 is 5.29. The van der Waals surface area contributed by atoms with Crippen LogP contribution in [0.4, 0.5) is 0 Å². The van der Waals surface area contributed by atoms with Gasteiger partial charge in [0, 0.05) is 6.54 Å². The third-order valence-corrected chi connectivity index (χ3v) is 2.93. The van der Waals surface area contributed by atoms with Gasteiger partial charge in [0.2, 0.25) is 0 Å². The number of hydrogen-bond donors (Lipinski definition) is 1. The number of hydrogen-bond acceptors (Lipinski definition) is 3. The Morgan fingerprint density at radius 1 is 1.57 bits per heavy atom. The molecule has 0 bridgehead atoms. The summed E-state index contributed by atoms with van der Waals surface area (Å²) in [6.45, 7) is 4.18. The first-order valence-electron chi connectivity index (χ1n) is 5.08. The van der Waals surface area contributed by atoms with Crippen LogP contribution in [0.25, 0.3) is 0 Å². The molecule has 0 aliphatic heterocycles. The first kappa shape index (κ1) is 11.7. The van der Waals surface area contributed by atoms with Gasteiger partial charge in [-0.3, -0.25) is 4.90 Å². The van der Waals surface area contributed by atoms with E-state index in [0.717, 1.165) is 24.6 Å². The summed E-state index contributed by atoms with van der Waals surface area (Å²) in [5.41, 5.74) is 0. The lowest BCUT2D eigenvalue weighted by Crippen LogP contribution is -2.25. The van der Waals surface area contributed by atoms with Crippen LogP contribution in [0.3, 0.4) is 0 Å². The molecule has 1 aromatic rings. The Labute approximate surface area is 91.7 Å². The van der Waals surface area contributed by atoms with Gasteiger partial charge in [-0.05, 0) is 30.9 Å². The molecule has 0 aromatic carbocycles. The molecular formula is C11H19NOS. The molecule has 0 spiro atoms. The molecule has 2 nitrogen and oxygen atoms in total. The monoisotopic (exact) mass is 213 g/mol. The normalized spacial score (nSPS) is 13.4. The van der Waals surface area contributed by atoms with E-state index in [1.54, 1.807) is 6.26 Å². The van der Waals surface area contributed by atoms with E-state index in [4.69, 9.17) is 4.42 Å². The largest absolute Gasteiger partial charge is 0.468 e. The van der Waals surface area contributed by atoms with E-state index in [2.05, 4.69) is 31.5 Å². The van der Waals surface area contributed by atoms with Gasteiger partial charge in [0.15, 0.2) is 0 Å². The summed E-state index contributed by atoms with van der Waals surface area (Å²) in [6.07, 6.45) is 2.91. The van der Waals surface area contributed by atoms with Crippen molar-refractivity contribution in [2.45, 2.75) is 19.9 Å². The molecule has 0 aliphatic carbocycles. The molecule has 0 saturated carbocycles. The Bertz CT molecular complexity index is 231. The smallest absolute Gasteiger partial charge is 0.117 e. The molecule has 1 aromatic heterocycles. The van der Waals surface area contributed by atoms with Gasteiger partial charge in [-0.15, -0.1) is 0 Å². The fraction of sp³-hybridized carbons (Fsp3) is 0.636. The average Bonchev–Trinajstić information content (AvgIpc) is 2.66. The maximum absolute atomic E-state index is 5.29. The summed E-state index contributed by atoms with van der Waals surface area (Å²) in [4.78, 5) is 2.28. The van der Waals surface area contributed by atoms with Crippen LogP contribution in [0, 0.1) is 5.92 Å². The van der Waals surface area contributed by atoms with Crippen LogP contribution in [-0.2, 0) is 6.54 Å². The summed E-state index contributed by atoms with van der Waals surface area (Å²) in [5.74, 6) is 2.67. The molecule has 1 unspecified atom stereocenters. The first-order chi connectivity index (χ1) is 6.76. The fourth-order valence-corrected chi connectivity index (χ4v) is 1.86. The molecule has 0 saturated heterocycles. The molecule has 1 rings (SSSR count). The standard InChI is InChI=1S/C11H19NOS/c1-3-10(9-14)7-12(2)8-11-5-4-6-13-11/h4-6,10,14H,3,7-9H2,1-2H3. The quantitative estimate of drug-likeness (QED) is 0.731. The van der Waals surface area contributed by atoms with Crippen molar-refractivity contribution in [1.82, 2.24) is 4.90 Å². The summed E-state index contributed by atoms with van der Waals surface area (Å²) in [7, 11) is 2.12. The van der Waals surface area contributed by atoms with E-state index < -0.39 is 0 Å². The van der Waals surface area contributed by atoms with Gasteiger partial charge in [-0.1, -0.05) is 13.3 Å². The molecule has 0 aliphatic rings. The molecular weight excluding hydrogens is 194 g/mol. The second kappa shape index (κ2) is 6.14. The van der Waals surface area contributed by atoms with Crippen LogP contribution >= 0.6 is 12.6 Å². The van der Waals surface area contributed by atoms with Gasteiger partial charge in [-0.2, -0.15) is 12.6 Å². The van der Waals surface area contributed by atoms with E-state index >= 15 is 0 Å². The third kappa shape index (κ3) is 3.76. The molecule has 0 radical (unpaired) electrons. The molecule has 0 fully saturated rings. The van der Waals surface area contributed by atoms with E-state index in [-0.39, 0.29) is 0 Å². The van der Waals surface area contributed by atoms with Gasteiger partial charge in [0.25, 0.3) is 0 Å². The van der Waals surface area contributed by atoms with Crippen LogP contribution < -0.4 is 0 Å². The third-order valence-electron chi connectivity index (χ3n) is 2.41. The Kier molecular flexibility index (Phi) is 5.12. The van der Waals surface area contributed by atoms with Crippen molar-refractivity contribution in [1.29, 1.82) is 0 Å². The van der Waals surface area contributed by atoms with Gasteiger partial charge in [-0.25, -0.2) is 0 Å². The minimum Gasteiger partial charge on any atom is -0.468 e. The van der Waals surface area contributed by atoms with E-state index in [0.29, 0.717) is 5.92 Å². The first-order valence-corrected chi connectivity index (χ1v) is 5.71. The van der Waals surface area contributed by atoms with Crippen molar-refractivity contribution in [3.05, 3.63) is 24.2 Å². The molecule has 0 N–H and O–H groups in total. The molecule has 3 heteroatoms. The second-order valence-electron chi connectivity index (χ2n) is 3.73. The SMILES string of the molecule is CCC(CS)CN(C)Cc1ccco1. The Morgan fingerprint density at radius 2 is 2.36 bits per heavy atom. The predicted octanol–water partition coefficient (Wildman–Crippen LogP) is 2.67. The lowest BCUT2D eigenvalue weighted by Gasteiger charge is -2.20. The van der Waals surface area contributed by atoms with Crippen molar-refractivity contribution >= 4 is 12.6 Å². The number of thiol groups is 1. The van der Waals surface area contributed by atoms with Crippen molar-refractivity contribution < 1.29 is 4.42 Å². The lowest BCUT2D eigenvalue weighted by molar-refractivity contribution is 0.257. The number of nitrogens with zero attached hydrogens (tertiary/aromatic N) is 1. The predicted molar refractivity (Wildman–Crippen MR) is 62.7 cm³/mol. The Morgan fingerprint density at radius 3 is 2.86 bits per heavy atom. The topological polar surface area (TPSA) is 16.4 Å². The molecule has 14 heavy (non-hydrogen) atoms. The zero-order valence-electron chi connectivity index (χ0n) is 8.94. The lowest BCUT2D eigenvalue weighted by atomic mass is 10.1. The minimum absolute atomic E-state index is 0.679. The summed E-state index contributed by atoms with van der Waals surface area (Å²) in [6, 6.07) is 3.94. The van der Waals surface area contributed by atoms with Gasteiger partial charge < -0.3 is 4.42 Å². The van der Waals surface area contributed by atoms with Gasteiger partial charge in [0.05, 0.1) is 12.8 Å². The van der Waals surface area contributed by atoms with Gasteiger partial charge >= 0.3 is 0 Å². The molecule has 80 valence electrons. The highest BCUT2D eigenvalue weighted by molar-refractivity contribution is 7.80. The van der Waals surface area contributed by atoms with Crippen molar-refractivity contribution in [3.63, 3.8) is 0 Å². The second-order valence-corrected chi connectivity index (χ2v) is 4.10. The van der Waals surface area contributed by atoms with Crippen LogP contribution in [0.15, 0.2) is 22.8 Å². The van der Waals surface area contributed by atoms with Crippen LogP contribution in [0.1, 0.15) is 19.1 Å².